The molecular weight excluding hydrogens is 433 g/mol. The summed E-state index contributed by atoms with van der Waals surface area (Å²) in [6.07, 6.45) is 0. The van der Waals surface area contributed by atoms with Crippen molar-refractivity contribution < 1.29 is 13.2 Å². The van der Waals surface area contributed by atoms with Crippen LogP contribution in [0, 0.1) is 17.5 Å². The summed E-state index contributed by atoms with van der Waals surface area (Å²) in [5.74, 6) is -1.14. The Morgan fingerprint density at radius 1 is 0.484 bits per heavy atom. The van der Waals surface area contributed by atoms with Crippen molar-refractivity contribution in [2.75, 3.05) is 7.05 Å². The Labute approximate surface area is 182 Å². The van der Waals surface area contributed by atoms with Crippen LogP contribution in [0.2, 0.25) is 0 Å². The molecule has 0 saturated heterocycles. The Kier molecular flexibility index (Phi) is 6.83. The van der Waals surface area contributed by atoms with Crippen LogP contribution in [0.25, 0.3) is 0 Å². The summed E-state index contributed by atoms with van der Waals surface area (Å²) in [4.78, 5) is 0. The maximum atomic E-state index is 15.0. The predicted molar refractivity (Wildman–Crippen MR) is 126 cm³/mol. The van der Waals surface area contributed by atoms with Crippen molar-refractivity contribution in [1.29, 1.82) is 0 Å². The third-order valence-corrected chi connectivity index (χ3v) is 10.3. The Morgan fingerprint density at radius 2 is 0.839 bits per heavy atom. The van der Waals surface area contributed by atoms with E-state index in [2.05, 4.69) is 0 Å². The lowest BCUT2D eigenvalue weighted by Gasteiger charge is -2.36. The highest BCUT2D eigenvalue weighted by molar-refractivity contribution is 7.84. The van der Waals surface area contributed by atoms with E-state index in [1.165, 1.54) is 18.2 Å². The fraction of sp³-hybridized carbons (Fsp3) is 0.0400. The van der Waals surface area contributed by atoms with Gasteiger partial charge in [-0.2, -0.15) is 0 Å². The van der Waals surface area contributed by atoms with Gasteiger partial charge in [0.1, 0.15) is 17.5 Å². The Bertz CT molecular complexity index is 1120. The van der Waals surface area contributed by atoms with E-state index in [0.29, 0.717) is 15.9 Å². The molecule has 0 radical (unpaired) electrons. The van der Waals surface area contributed by atoms with E-state index >= 15 is 0 Å². The van der Waals surface area contributed by atoms with Gasteiger partial charge in [-0.15, -0.1) is 0 Å². The molecule has 1 nitrogen and oxygen atoms in total. The largest absolute Gasteiger partial charge is 0.248 e. The van der Waals surface area contributed by atoms with E-state index in [9.17, 15) is 13.2 Å². The molecule has 0 heterocycles. The summed E-state index contributed by atoms with van der Waals surface area (Å²) in [6, 6.07) is 29.0. The van der Waals surface area contributed by atoms with Crippen LogP contribution >= 0.6 is 16.1 Å². The van der Waals surface area contributed by atoms with Crippen molar-refractivity contribution in [1.82, 2.24) is 4.44 Å². The molecule has 6 heteroatoms. The lowest BCUT2D eigenvalue weighted by atomic mass is 10.3. The first-order valence-corrected chi connectivity index (χ1v) is 12.3. The number of rotatable bonds is 6. The van der Waals surface area contributed by atoms with Crippen LogP contribution in [0.15, 0.2) is 103 Å². The first-order valence-electron chi connectivity index (χ1n) is 9.70. The van der Waals surface area contributed by atoms with Gasteiger partial charge in [-0.3, -0.25) is 0 Å². The summed E-state index contributed by atoms with van der Waals surface area (Å²) in [5, 5.41) is 2.24. The molecule has 0 saturated carbocycles. The van der Waals surface area contributed by atoms with E-state index in [4.69, 9.17) is 0 Å². The van der Waals surface area contributed by atoms with Gasteiger partial charge in [0.25, 0.3) is 0 Å². The van der Waals surface area contributed by atoms with Crippen molar-refractivity contribution in [2.45, 2.75) is 0 Å². The van der Waals surface area contributed by atoms with Gasteiger partial charge in [-0.1, -0.05) is 66.7 Å². The topological polar surface area (TPSA) is 3.24 Å². The first kappa shape index (κ1) is 21.7. The van der Waals surface area contributed by atoms with Gasteiger partial charge in [0.05, 0.1) is 0 Å². The lowest BCUT2D eigenvalue weighted by molar-refractivity contribution is 0.632. The molecule has 0 bridgehead atoms. The van der Waals surface area contributed by atoms with Crippen LogP contribution in [0.4, 0.5) is 13.2 Å². The molecule has 1 unspecified atom stereocenters. The number of halogens is 3. The molecule has 156 valence electrons. The zero-order valence-corrected chi connectivity index (χ0v) is 18.6. The van der Waals surface area contributed by atoms with Crippen molar-refractivity contribution in [2.24, 2.45) is 0 Å². The minimum atomic E-state index is -1.61. The summed E-state index contributed by atoms with van der Waals surface area (Å²) < 4.78 is 46.8. The maximum absolute atomic E-state index is 15.0. The standard InChI is InChI=1S/C25H20F3NP2/c1-29(30(19-11-3-2-4-12-19)23-16-8-5-13-20(23)26)31(24-17-9-6-14-21(24)27)25-18-10-7-15-22(25)28/h2-18H,1H3. The Balaban J connectivity index is 1.93. The van der Waals surface area contributed by atoms with E-state index in [-0.39, 0.29) is 5.82 Å². The lowest BCUT2D eigenvalue weighted by Crippen LogP contribution is -2.32. The van der Waals surface area contributed by atoms with Crippen LogP contribution in [0.5, 0.6) is 0 Å². The van der Waals surface area contributed by atoms with Crippen LogP contribution in [0.3, 0.4) is 0 Å². The molecule has 1 atom stereocenters. The highest BCUT2D eigenvalue weighted by Gasteiger charge is 2.32. The second-order valence-corrected chi connectivity index (χ2v) is 11.5. The second-order valence-electron chi connectivity index (χ2n) is 6.80. The third kappa shape index (κ3) is 4.57. The molecule has 4 rings (SSSR count). The molecule has 0 amide bonds. The van der Waals surface area contributed by atoms with Crippen LogP contribution < -0.4 is 21.2 Å². The molecule has 4 aromatic rings. The molecule has 0 fully saturated rings. The summed E-state index contributed by atoms with van der Waals surface area (Å²) in [7, 11) is -1.17. The van der Waals surface area contributed by atoms with Gasteiger partial charge in [0, 0.05) is 32.1 Å². The van der Waals surface area contributed by atoms with Gasteiger partial charge < -0.3 is 0 Å². The average Bonchev–Trinajstić information content (AvgIpc) is 2.79. The van der Waals surface area contributed by atoms with E-state index < -0.39 is 27.8 Å². The summed E-state index contributed by atoms with van der Waals surface area (Å²) >= 11 is 0. The zero-order valence-electron chi connectivity index (χ0n) is 16.8. The highest BCUT2D eigenvalue weighted by Crippen LogP contribution is 2.53. The number of hydrogen-bond donors (Lipinski definition) is 0. The monoisotopic (exact) mass is 453 g/mol. The minimum Gasteiger partial charge on any atom is -0.248 e. The minimum absolute atomic E-state index is 0.332. The molecule has 0 aliphatic carbocycles. The number of nitrogens with zero attached hydrogens (tertiary/aromatic N) is 1. The summed E-state index contributed by atoms with van der Waals surface area (Å²) in [5.41, 5.74) is 0. The van der Waals surface area contributed by atoms with Crippen molar-refractivity contribution in [3.05, 3.63) is 121 Å². The molecule has 0 aromatic heterocycles. The van der Waals surface area contributed by atoms with Crippen LogP contribution in [-0.4, -0.2) is 11.5 Å². The van der Waals surface area contributed by atoms with Gasteiger partial charge in [-0.05, 0) is 48.8 Å². The molecule has 0 N–H and O–H groups in total. The average molecular weight is 453 g/mol. The fourth-order valence-corrected chi connectivity index (χ4v) is 9.10. The SMILES string of the molecule is CN(P(c1ccccc1)c1ccccc1F)P(c1ccccc1F)c1ccccc1F. The molecule has 0 aliphatic rings. The molecular formula is C25H20F3NP2. The molecule has 0 aliphatic heterocycles. The van der Waals surface area contributed by atoms with Crippen LogP contribution in [0.1, 0.15) is 0 Å². The Morgan fingerprint density at radius 3 is 1.26 bits per heavy atom. The van der Waals surface area contributed by atoms with E-state index in [0.717, 1.165) is 5.30 Å². The van der Waals surface area contributed by atoms with E-state index in [1.807, 2.05) is 41.8 Å². The maximum Gasteiger partial charge on any atom is 0.132 e. The number of hydrogen-bond acceptors (Lipinski definition) is 1. The zero-order chi connectivity index (χ0) is 21.8. The Hall–Kier alpha value is -2.51. The predicted octanol–water partition coefficient (Wildman–Crippen LogP) is 5.43. The normalized spacial score (nSPS) is 12.3. The van der Waals surface area contributed by atoms with Gasteiger partial charge >= 0.3 is 0 Å². The van der Waals surface area contributed by atoms with Gasteiger partial charge in [0.2, 0.25) is 0 Å². The molecule has 4 aromatic carbocycles. The molecule has 31 heavy (non-hydrogen) atoms. The summed E-state index contributed by atoms with van der Waals surface area (Å²) in [6.45, 7) is 0. The van der Waals surface area contributed by atoms with Crippen molar-refractivity contribution in [3.8, 4) is 0 Å². The van der Waals surface area contributed by atoms with Crippen molar-refractivity contribution in [3.63, 3.8) is 0 Å². The van der Waals surface area contributed by atoms with Gasteiger partial charge in [-0.25, -0.2) is 17.6 Å². The quantitative estimate of drug-likeness (QED) is 0.352. The fourth-order valence-electron chi connectivity index (χ4n) is 3.43. The second kappa shape index (κ2) is 9.75. The smallest absolute Gasteiger partial charge is 0.132 e. The third-order valence-electron chi connectivity index (χ3n) is 4.82. The van der Waals surface area contributed by atoms with E-state index in [1.54, 1.807) is 54.6 Å². The molecule has 0 spiro atoms. The first-order chi connectivity index (χ1) is 15.1. The number of benzene rings is 4. The van der Waals surface area contributed by atoms with Gasteiger partial charge in [0.15, 0.2) is 0 Å². The highest BCUT2D eigenvalue weighted by atomic mass is 31.2. The van der Waals surface area contributed by atoms with Crippen LogP contribution in [-0.2, 0) is 0 Å². The van der Waals surface area contributed by atoms with Crippen molar-refractivity contribution >= 4 is 37.4 Å².